The Balaban J connectivity index is 2.25. The maximum absolute atomic E-state index is 12.9. The largest absolute Gasteiger partial charge is 0.497 e. The number of hydrogen-bond acceptors (Lipinski definition) is 6. The fourth-order valence-electron chi connectivity index (χ4n) is 3.51. The smallest absolute Gasteiger partial charge is 0.341 e. The molecule has 1 amide bonds. The van der Waals surface area contributed by atoms with Crippen LogP contribution < -0.4 is 10.1 Å². The summed E-state index contributed by atoms with van der Waals surface area (Å²) in [7, 11) is 2.81. The topological polar surface area (TPSA) is 90.9 Å². The van der Waals surface area contributed by atoms with Crippen molar-refractivity contribution in [2.75, 3.05) is 26.1 Å². The van der Waals surface area contributed by atoms with Crippen LogP contribution in [0.4, 0.5) is 5.69 Å². The zero-order valence-electron chi connectivity index (χ0n) is 18.9. The van der Waals surface area contributed by atoms with Crippen LogP contribution in [0, 0.1) is 6.92 Å². The number of methoxy groups -OCH3 is 2. The van der Waals surface area contributed by atoms with E-state index >= 15 is 0 Å². The zero-order valence-corrected chi connectivity index (χ0v) is 18.9. The summed E-state index contributed by atoms with van der Waals surface area (Å²) in [4.78, 5) is 38.6. The number of nitrogens with one attached hydrogen (secondary N) is 1. The minimum atomic E-state index is -0.731. The number of esters is 2. The number of rotatable bonds is 7. The highest BCUT2D eigenvalue weighted by Gasteiger charge is 2.28. The number of hydrogen-bond donors (Lipinski definition) is 1. The van der Waals surface area contributed by atoms with Crippen molar-refractivity contribution in [2.45, 2.75) is 13.8 Å². The summed E-state index contributed by atoms with van der Waals surface area (Å²) < 4.78 is 15.4. The van der Waals surface area contributed by atoms with Crippen LogP contribution in [0.25, 0.3) is 11.1 Å². The molecule has 1 N–H and O–H groups in total. The van der Waals surface area contributed by atoms with Gasteiger partial charge in [-0.3, -0.25) is 4.79 Å². The van der Waals surface area contributed by atoms with Crippen LogP contribution in [0.15, 0.2) is 60.7 Å². The number of anilines is 1. The monoisotopic (exact) mass is 447 g/mol. The lowest BCUT2D eigenvalue weighted by atomic mass is 9.91. The van der Waals surface area contributed by atoms with Crippen molar-refractivity contribution in [3.05, 3.63) is 82.9 Å². The maximum Gasteiger partial charge on any atom is 0.341 e. The molecule has 0 saturated carbocycles. The molecular formula is C26H25NO6. The molecular weight excluding hydrogens is 422 g/mol. The van der Waals surface area contributed by atoms with Crippen molar-refractivity contribution in [1.29, 1.82) is 0 Å². The van der Waals surface area contributed by atoms with E-state index in [-0.39, 0.29) is 23.4 Å². The summed E-state index contributed by atoms with van der Waals surface area (Å²) >= 11 is 0. The Hall–Kier alpha value is -4.13. The zero-order chi connectivity index (χ0) is 24.0. The second-order valence-corrected chi connectivity index (χ2v) is 7.11. The first kappa shape index (κ1) is 23.5. The van der Waals surface area contributed by atoms with Gasteiger partial charge in [0.2, 0.25) is 0 Å². The van der Waals surface area contributed by atoms with Crippen LogP contribution in [0.1, 0.15) is 43.6 Å². The van der Waals surface area contributed by atoms with Gasteiger partial charge in [-0.25, -0.2) is 9.59 Å². The van der Waals surface area contributed by atoms with Crippen molar-refractivity contribution < 1.29 is 28.6 Å². The molecule has 0 atom stereocenters. The Morgan fingerprint density at radius 3 is 2.12 bits per heavy atom. The third kappa shape index (κ3) is 5.03. The van der Waals surface area contributed by atoms with Gasteiger partial charge in [0, 0.05) is 5.56 Å². The minimum absolute atomic E-state index is 0.0348. The standard InChI is InChI=1S/C26H25NO6/c1-5-33-26(30)23-21(27-24(28)18-9-7-6-8-10-18)15-20(16(2)22(23)25(29)32-4)17-11-13-19(31-3)14-12-17/h6-15H,5H2,1-4H3,(H,27,28). The molecule has 0 spiro atoms. The molecule has 7 heteroatoms. The van der Waals surface area contributed by atoms with Gasteiger partial charge in [-0.2, -0.15) is 0 Å². The van der Waals surface area contributed by atoms with E-state index in [1.165, 1.54) is 7.11 Å². The average Bonchev–Trinajstić information content (AvgIpc) is 2.84. The van der Waals surface area contributed by atoms with Crippen molar-refractivity contribution in [3.8, 4) is 16.9 Å². The van der Waals surface area contributed by atoms with E-state index in [4.69, 9.17) is 14.2 Å². The van der Waals surface area contributed by atoms with E-state index in [0.29, 0.717) is 22.4 Å². The molecule has 33 heavy (non-hydrogen) atoms. The summed E-state index contributed by atoms with van der Waals surface area (Å²) in [6, 6.07) is 17.5. The molecule has 0 bridgehead atoms. The van der Waals surface area contributed by atoms with Gasteiger partial charge in [-0.1, -0.05) is 30.3 Å². The Labute approximate surface area is 192 Å². The quantitative estimate of drug-likeness (QED) is 0.519. The molecule has 0 unspecified atom stereocenters. The summed E-state index contributed by atoms with van der Waals surface area (Å²) in [6.45, 7) is 3.48. The lowest BCUT2D eigenvalue weighted by Crippen LogP contribution is -2.21. The second-order valence-electron chi connectivity index (χ2n) is 7.11. The van der Waals surface area contributed by atoms with Crippen molar-refractivity contribution >= 4 is 23.5 Å². The van der Waals surface area contributed by atoms with Crippen LogP contribution in [0.3, 0.4) is 0 Å². The van der Waals surface area contributed by atoms with Crippen LogP contribution in [0.5, 0.6) is 5.75 Å². The highest BCUT2D eigenvalue weighted by Crippen LogP contribution is 2.35. The predicted molar refractivity (Wildman–Crippen MR) is 125 cm³/mol. The third-order valence-corrected chi connectivity index (χ3v) is 5.14. The average molecular weight is 447 g/mol. The Kier molecular flexibility index (Phi) is 7.46. The summed E-state index contributed by atoms with van der Waals surface area (Å²) in [5.41, 5.74) is 2.47. The first-order valence-corrected chi connectivity index (χ1v) is 10.3. The molecule has 0 aliphatic carbocycles. The highest BCUT2D eigenvalue weighted by molar-refractivity contribution is 6.14. The molecule has 3 aromatic carbocycles. The van der Waals surface area contributed by atoms with Gasteiger partial charge in [-0.05, 0) is 60.9 Å². The maximum atomic E-state index is 12.9. The van der Waals surface area contributed by atoms with Gasteiger partial charge in [0.25, 0.3) is 5.91 Å². The molecule has 0 aliphatic heterocycles. The molecule has 0 heterocycles. The molecule has 0 aliphatic rings. The van der Waals surface area contributed by atoms with Crippen molar-refractivity contribution in [1.82, 2.24) is 0 Å². The van der Waals surface area contributed by atoms with E-state index in [0.717, 1.165) is 5.56 Å². The fourth-order valence-corrected chi connectivity index (χ4v) is 3.51. The van der Waals surface area contributed by atoms with E-state index in [1.807, 2.05) is 12.1 Å². The molecule has 170 valence electrons. The Morgan fingerprint density at radius 1 is 0.879 bits per heavy atom. The molecule has 3 rings (SSSR count). The number of carbonyl (C=O) groups excluding carboxylic acids is 3. The number of amides is 1. The molecule has 0 radical (unpaired) electrons. The fraction of sp³-hybridized carbons (Fsp3) is 0.192. The summed E-state index contributed by atoms with van der Waals surface area (Å²) in [5, 5.41) is 2.77. The number of ether oxygens (including phenoxy) is 3. The number of benzene rings is 3. The van der Waals surface area contributed by atoms with Crippen molar-refractivity contribution in [2.24, 2.45) is 0 Å². The third-order valence-electron chi connectivity index (χ3n) is 5.14. The lowest BCUT2D eigenvalue weighted by Gasteiger charge is -2.19. The predicted octanol–water partition coefficient (Wildman–Crippen LogP) is 4.89. The first-order chi connectivity index (χ1) is 15.9. The van der Waals surface area contributed by atoms with Crippen LogP contribution in [-0.4, -0.2) is 38.7 Å². The summed E-state index contributed by atoms with van der Waals surface area (Å²) in [6.07, 6.45) is 0. The number of carbonyl (C=O) groups is 3. The Bertz CT molecular complexity index is 1170. The first-order valence-electron chi connectivity index (χ1n) is 10.3. The van der Waals surface area contributed by atoms with Gasteiger partial charge >= 0.3 is 11.9 Å². The Morgan fingerprint density at radius 2 is 1.55 bits per heavy atom. The van der Waals surface area contributed by atoms with E-state index in [1.54, 1.807) is 69.5 Å². The van der Waals surface area contributed by atoms with Crippen molar-refractivity contribution in [3.63, 3.8) is 0 Å². The van der Waals surface area contributed by atoms with Crippen LogP contribution >= 0.6 is 0 Å². The lowest BCUT2D eigenvalue weighted by molar-refractivity contribution is 0.0505. The normalized spacial score (nSPS) is 10.3. The van der Waals surface area contributed by atoms with Gasteiger partial charge in [0.15, 0.2) is 0 Å². The second kappa shape index (κ2) is 10.5. The summed E-state index contributed by atoms with van der Waals surface area (Å²) in [5.74, 6) is -1.20. The van der Waals surface area contributed by atoms with Gasteiger partial charge in [0.05, 0.1) is 37.6 Å². The molecule has 3 aromatic rings. The molecule has 0 fully saturated rings. The van der Waals surface area contributed by atoms with Crippen LogP contribution in [-0.2, 0) is 9.47 Å². The minimum Gasteiger partial charge on any atom is -0.497 e. The van der Waals surface area contributed by atoms with E-state index < -0.39 is 17.8 Å². The molecule has 0 aromatic heterocycles. The van der Waals surface area contributed by atoms with Crippen LogP contribution in [0.2, 0.25) is 0 Å². The van der Waals surface area contributed by atoms with Gasteiger partial charge < -0.3 is 19.5 Å². The van der Waals surface area contributed by atoms with Gasteiger partial charge in [-0.15, -0.1) is 0 Å². The molecule has 0 saturated heterocycles. The van der Waals surface area contributed by atoms with E-state index in [2.05, 4.69) is 5.32 Å². The van der Waals surface area contributed by atoms with E-state index in [9.17, 15) is 14.4 Å². The molecule has 7 nitrogen and oxygen atoms in total. The van der Waals surface area contributed by atoms with Gasteiger partial charge in [0.1, 0.15) is 5.75 Å². The highest BCUT2D eigenvalue weighted by atomic mass is 16.5. The SMILES string of the molecule is CCOC(=O)c1c(NC(=O)c2ccccc2)cc(-c2ccc(OC)cc2)c(C)c1C(=O)OC.